The summed E-state index contributed by atoms with van der Waals surface area (Å²) in [6.45, 7) is 13.0. The highest BCUT2D eigenvalue weighted by Gasteiger charge is 2.15. The fourth-order valence-corrected chi connectivity index (χ4v) is 8.19. The largest absolute Gasteiger partial charge is 0.353 e. The van der Waals surface area contributed by atoms with E-state index in [9.17, 15) is 0 Å². The monoisotopic (exact) mass is 658 g/mol. The molecule has 4 heterocycles. The van der Waals surface area contributed by atoms with Crippen molar-refractivity contribution in [3.8, 4) is 44.9 Å². The lowest BCUT2D eigenvalue weighted by Crippen LogP contribution is -1.94. The predicted molar refractivity (Wildman–Crippen MR) is 214 cm³/mol. The number of aryl methyl sites for hydroxylation is 6. The van der Waals surface area contributed by atoms with E-state index >= 15 is 0 Å². The second kappa shape index (κ2) is 11.7. The summed E-state index contributed by atoms with van der Waals surface area (Å²) in [6, 6.07) is 39.4. The molecule has 0 aliphatic heterocycles. The van der Waals surface area contributed by atoms with Gasteiger partial charge in [-0.25, -0.2) is 9.97 Å². The van der Waals surface area contributed by atoms with Gasteiger partial charge < -0.3 is 4.98 Å². The van der Waals surface area contributed by atoms with Crippen LogP contribution in [0.15, 0.2) is 115 Å². The highest BCUT2D eigenvalue weighted by molar-refractivity contribution is 6.06. The van der Waals surface area contributed by atoms with Gasteiger partial charge in [-0.15, -0.1) is 0 Å². The van der Waals surface area contributed by atoms with E-state index in [1.807, 2.05) is 6.20 Å². The van der Waals surface area contributed by atoms with E-state index < -0.39 is 0 Å². The zero-order valence-electron chi connectivity index (χ0n) is 29.8. The van der Waals surface area contributed by atoms with Crippen LogP contribution in [-0.4, -0.2) is 19.9 Å². The molecule has 0 atom stereocenters. The Morgan fingerprint density at radius 3 is 1.61 bits per heavy atom. The van der Waals surface area contributed by atoms with E-state index in [1.54, 1.807) is 0 Å². The Morgan fingerprint density at radius 1 is 0.431 bits per heavy atom. The van der Waals surface area contributed by atoms with Crippen LogP contribution in [0.5, 0.6) is 0 Å². The number of fused-ring (bicyclic) bond motifs is 6. The van der Waals surface area contributed by atoms with Gasteiger partial charge in [-0.2, -0.15) is 0 Å². The third-order valence-corrected chi connectivity index (χ3v) is 10.3. The van der Waals surface area contributed by atoms with E-state index in [0.29, 0.717) is 0 Å². The second-order valence-corrected chi connectivity index (χ2v) is 14.2. The summed E-state index contributed by atoms with van der Waals surface area (Å²) in [6.07, 6.45) is 1.98. The maximum atomic E-state index is 5.24. The minimum absolute atomic E-state index is 0.919. The van der Waals surface area contributed by atoms with Gasteiger partial charge in [0.05, 0.1) is 33.5 Å². The third kappa shape index (κ3) is 5.26. The van der Waals surface area contributed by atoms with Gasteiger partial charge in [0.1, 0.15) is 0 Å². The number of aromatic amines is 1. The lowest BCUT2D eigenvalue weighted by atomic mass is 9.96. The number of benzene rings is 5. The molecule has 9 rings (SSSR count). The number of nitrogens with one attached hydrogen (secondary N) is 1. The molecule has 5 aromatic carbocycles. The van der Waals surface area contributed by atoms with Crippen molar-refractivity contribution in [1.29, 1.82) is 0 Å². The highest BCUT2D eigenvalue weighted by atomic mass is 14.8. The molecule has 0 amide bonds. The Hall–Kier alpha value is -6.13. The molecular weight excluding hydrogens is 621 g/mol. The van der Waals surface area contributed by atoms with E-state index in [-0.39, 0.29) is 0 Å². The van der Waals surface area contributed by atoms with Crippen molar-refractivity contribution >= 4 is 43.6 Å². The van der Waals surface area contributed by atoms with Gasteiger partial charge in [-0.1, -0.05) is 90.0 Å². The molecule has 0 aliphatic carbocycles. The average Bonchev–Trinajstić information content (AvgIpc) is 3.56. The lowest BCUT2D eigenvalue weighted by molar-refractivity contribution is 1.28. The molecule has 51 heavy (non-hydrogen) atoms. The van der Waals surface area contributed by atoms with Crippen LogP contribution in [0.4, 0.5) is 0 Å². The normalized spacial score (nSPS) is 11.7. The topological polar surface area (TPSA) is 54.5 Å². The van der Waals surface area contributed by atoms with Crippen LogP contribution in [0.2, 0.25) is 0 Å². The number of pyridine rings is 3. The van der Waals surface area contributed by atoms with Crippen LogP contribution < -0.4 is 0 Å². The second-order valence-electron chi connectivity index (χ2n) is 14.2. The van der Waals surface area contributed by atoms with Crippen molar-refractivity contribution in [1.82, 2.24) is 19.9 Å². The third-order valence-electron chi connectivity index (χ3n) is 10.3. The number of hydrogen-bond donors (Lipinski definition) is 1. The molecular formula is C47H38N4. The quantitative estimate of drug-likeness (QED) is 0.191. The minimum Gasteiger partial charge on any atom is -0.353 e. The van der Waals surface area contributed by atoms with Crippen molar-refractivity contribution in [2.75, 3.05) is 0 Å². The standard InChI is InChI=1S/C47H38N4/c1-26-18-28(3)42(29(4)19-26)39-16-14-32-10-12-36-23-38(25-48-44(36)45(32)49-39)34-8-7-9-35(22-34)41-24-37-13-11-33-15-17-40(50-46(33)47(37)51-41)43-30(5)20-27(2)21-31(43)6/h7-25,51H,1-6H3. The van der Waals surface area contributed by atoms with Crippen molar-refractivity contribution in [2.45, 2.75) is 41.5 Å². The SMILES string of the molecule is Cc1cc(C)c(-c2ccc3ccc4cc(-c5cccc(-c6cc7ccc8ccc(-c9c(C)cc(C)cc9C)nc8c7[nH]6)c5)cnc4c3n2)c(C)c1. The molecule has 246 valence electrons. The van der Waals surface area contributed by atoms with Crippen molar-refractivity contribution in [2.24, 2.45) is 0 Å². The molecule has 0 fully saturated rings. The Morgan fingerprint density at radius 2 is 0.961 bits per heavy atom. The first-order chi connectivity index (χ1) is 24.7. The van der Waals surface area contributed by atoms with Crippen LogP contribution in [0.1, 0.15) is 33.4 Å². The number of rotatable bonds is 4. The van der Waals surface area contributed by atoms with Gasteiger partial charge >= 0.3 is 0 Å². The molecule has 0 aliphatic rings. The van der Waals surface area contributed by atoms with E-state index in [4.69, 9.17) is 15.0 Å². The number of aromatic nitrogens is 4. The lowest BCUT2D eigenvalue weighted by Gasteiger charge is -2.12. The van der Waals surface area contributed by atoms with Crippen LogP contribution >= 0.6 is 0 Å². The number of nitrogens with zero attached hydrogens (tertiary/aromatic N) is 3. The summed E-state index contributed by atoms with van der Waals surface area (Å²) in [7, 11) is 0. The first-order valence-electron chi connectivity index (χ1n) is 17.6. The molecule has 0 bridgehead atoms. The van der Waals surface area contributed by atoms with Crippen LogP contribution in [0, 0.1) is 41.5 Å². The van der Waals surface area contributed by atoms with Crippen molar-refractivity contribution < 1.29 is 0 Å². The zero-order valence-corrected chi connectivity index (χ0v) is 29.8. The molecule has 0 saturated heterocycles. The molecule has 4 aromatic heterocycles. The smallest absolute Gasteiger partial charge is 0.0972 e. The average molecular weight is 659 g/mol. The van der Waals surface area contributed by atoms with E-state index in [0.717, 1.165) is 77.4 Å². The molecule has 4 nitrogen and oxygen atoms in total. The Bertz CT molecular complexity index is 2830. The summed E-state index contributed by atoms with van der Waals surface area (Å²) < 4.78 is 0. The van der Waals surface area contributed by atoms with Gasteiger partial charge in [0.25, 0.3) is 0 Å². The Labute approximate surface area is 297 Å². The van der Waals surface area contributed by atoms with Crippen LogP contribution in [0.25, 0.3) is 88.5 Å². The molecule has 1 N–H and O–H groups in total. The fraction of sp³-hybridized carbons (Fsp3) is 0.128. The summed E-state index contributed by atoms with van der Waals surface area (Å²) in [4.78, 5) is 19.2. The molecule has 9 aromatic rings. The maximum Gasteiger partial charge on any atom is 0.0972 e. The molecule has 4 heteroatoms. The first kappa shape index (κ1) is 30.9. The van der Waals surface area contributed by atoms with Gasteiger partial charge in [-0.05, 0) is 105 Å². The van der Waals surface area contributed by atoms with Gasteiger partial charge in [0.2, 0.25) is 0 Å². The summed E-state index contributed by atoms with van der Waals surface area (Å²) in [5.41, 5.74) is 20.2. The number of H-pyrrole nitrogens is 1. The Kier molecular flexibility index (Phi) is 7.11. The van der Waals surface area contributed by atoms with Crippen LogP contribution in [0.3, 0.4) is 0 Å². The fourth-order valence-electron chi connectivity index (χ4n) is 8.19. The van der Waals surface area contributed by atoms with Gasteiger partial charge in [0, 0.05) is 50.1 Å². The van der Waals surface area contributed by atoms with E-state index in [2.05, 4.69) is 156 Å². The highest BCUT2D eigenvalue weighted by Crippen LogP contribution is 2.36. The van der Waals surface area contributed by atoms with Crippen molar-refractivity contribution in [3.63, 3.8) is 0 Å². The molecule has 0 spiro atoms. The van der Waals surface area contributed by atoms with E-state index in [1.165, 1.54) is 44.5 Å². The first-order valence-corrected chi connectivity index (χ1v) is 17.6. The van der Waals surface area contributed by atoms with Crippen molar-refractivity contribution in [3.05, 3.63) is 149 Å². The summed E-state index contributed by atoms with van der Waals surface area (Å²) in [5.74, 6) is 0. The Balaban J connectivity index is 1.10. The van der Waals surface area contributed by atoms with Gasteiger partial charge in [0.15, 0.2) is 0 Å². The molecule has 0 saturated carbocycles. The molecule has 0 radical (unpaired) electrons. The van der Waals surface area contributed by atoms with Gasteiger partial charge in [-0.3, -0.25) is 4.98 Å². The maximum absolute atomic E-state index is 5.24. The predicted octanol–water partition coefficient (Wildman–Crippen LogP) is 12.3. The number of hydrogen-bond acceptors (Lipinski definition) is 3. The molecule has 0 unspecified atom stereocenters. The summed E-state index contributed by atoms with van der Waals surface area (Å²) in [5, 5.41) is 4.43. The zero-order chi connectivity index (χ0) is 35.0. The summed E-state index contributed by atoms with van der Waals surface area (Å²) >= 11 is 0. The minimum atomic E-state index is 0.919. The van der Waals surface area contributed by atoms with Crippen LogP contribution in [-0.2, 0) is 0 Å².